The second kappa shape index (κ2) is 2.77. The third-order valence-corrected chi connectivity index (χ3v) is 2.30. The highest BCUT2D eigenvalue weighted by Gasteiger charge is 2.28. The number of aliphatic hydroxyl groups is 1. The Kier molecular flexibility index (Phi) is 2.21. The standard InChI is InChI=1S/C5H7BrO3/c6-5-3(7)1-9-2-4(5)8/h3,5,7H,1-2H2. The van der Waals surface area contributed by atoms with Gasteiger partial charge >= 0.3 is 0 Å². The fraction of sp³-hybridized carbons (Fsp3) is 0.800. The van der Waals surface area contributed by atoms with Gasteiger partial charge < -0.3 is 9.84 Å². The Labute approximate surface area is 61.1 Å². The zero-order chi connectivity index (χ0) is 6.85. The molecule has 1 fully saturated rings. The van der Waals surface area contributed by atoms with Gasteiger partial charge in [0, 0.05) is 0 Å². The number of ketones is 1. The van der Waals surface area contributed by atoms with Crippen LogP contribution < -0.4 is 0 Å². The van der Waals surface area contributed by atoms with Crippen molar-refractivity contribution in [3.63, 3.8) is 0 Å². The van der Waals surface area contributed by atoms with Crippen molar-refractivity contribution in [3.8, 4) is 0 Å². The van der Waals surface area contributed by atoms with E-state index in [0.29, 0.717) is 0 Å². The maximum absolute atomic E-state index is 10.7. The fourth-order valence-electron chi connectivity index (χ4n) is 0.659. The molecule has 0 radical (unpaired) electrons. The topological polar surface area (TPSA) is 46.5 Å². The smallest absolute Gasteiger partial charge is 0.174 e. The first kappa shape index (κ1) is 7.18. The molecule has 4 heteroatoms. The van der Waals surface area contributed by atoms with Crippen LogP contribution in [0.3, 0.4) is 0 Å². The SMILES string of the molecule is O=C1COCC(O)C1Br. The largest absolute Gasteiger partial charge is 0.389 e. The van der Waals surface area contributed by atoms with Crippen LogP contribution in [0.2, 0.25) is 0 Å². The van der Waals surface area contributed by atoms with Crippen molar-refractivity contribution in [2.45, 2.75) is 10.9 Å². The summed E-state index contributed by atoms with van der Waals surface area (Å²) in [4.78, 5) is 10.2. The molecule has 1 saturated heterocycles. The summed E-state index contributed by atoms with van der Waals surface area (Å²) in [6.07, 6.45) is -0.675. The Balaban J connectivity index is 2.51. The molecule has 2 atom stereocenters. The van der Waals surface area contributed by atoms with Crippen LogP contribution in [0.15, 0.2) is 0 Å². The van der Waals surface area contributed by atoms with Gasteiger partial charge in [0.25, 0.3) is 0 Å². The van der Waals surface area contributed by atoms with Crippen LogP contribution in [0, 0.1) is 0 Å². The average molecular weight is 195 g/mol. The van der Waals surface area contributed by atoms with E-state index in [2.05, 4.69) is 15.9 Å². The molecule has 52 valence electrons. The van der Waals surface area contributed by atoms with Crippen molar-refractivity contribution < 1.29 is 14.6 Å². The minimum atomic E-state index is -0.675. The number of carbonyl (C=O) groups is 1. The minimum absolute atomic E-state index is 0.0891. The van der Waals surface area contributed by atoms with E-state index in [1.165, 1.54) is 0 Å². The number of aliphatic hydroxyl groups excluding tert-OH is 1. The van der Waals surface area contributed by atoms with E-state index < -0.39 is 10.9 Å². The first-order valence-corrected chi connectivity index (χ1v) is 3.56. The van der Waals surface area contributed by atoms with Gasteiger partial charge in [0.2, 0.25) is 0 Å². The van der Waals surface area contributed by atoms with Gasteiger partial charge in [0.15, 0.2) is 5.78 Å². The molecule has 0 spiro atoms. The third kappa shape index (κ3) is 1.50. The fourth-order valence-corrected chi connectivity index (χ4v) is 0.944. The van der Waals surface area contributed by atoms with Crippen LogP contribution >= 0.6 is 15.9 Å². The summed E-state index contributed by atoms with van der Waals surface area (Å²) < 4.78 is 4.73. The maximum atomic E-state index is 10.7. The van der Waals surface area contributed by atoms with Crippen molar-refractivity contribution in [1.29, 1.82) is 0 Å². The summed E-state index contributed by atoms with van der Waals surface area (Å²) in [6, 6.07) is 0. The van der Waals surface area contributed by atoms with E-state index >= 15 is 0 Å². The molecule has 1 rings (SSSR count). The normalized spacial score (nSPS) is 36.9. The third-order valence-electron chi connectivity index (χ3n) is 1.18. The van der Waals surface area contributed by atoms with Gasteiger partial charge in [-0.05, 0) is 0 Å². The summed E-state index contributed by atoms with van der Waals surface area (Å²) in [7, 11) is 0. The molecule has 1 N–H and O–H groups in total. The number of rotatable bonds is 0. The molecule has 0 saturated carbocycles. The molecular weight excluding hydrogens is 188 g/mol. The Hall–Kier alpha value is 0.0700. The lowest BCUT2D eigenvalue weighted by Gasteiger charge is -2.21. The monoisotopic (exact) mass is 194 g/mol. The van der Waals surface area contributed by atoms with Gasteiger partial charge in [0.1, 0.15) is 11.4 Å². The Bertz CT molecular complexity index is 125. The molecule has 0 aromatic heterocycles. The molecule has 1 aliphatic heterocycles. The number of halogens is 1. The van der Waals surface area contributed by atoms with Crippen molar-refractivity contribution in [2.24, 2.45) is 0 Å². The zero-order valence-corrected chi connectivity index (χ0v) is 6.30. The number of ether oxygens (including phenoxy) is 1. The van der Waals surface area contributed by atoms with Gasteiger partial charge in [-0.25, -0.2) is 0 Å². The lowest BCUT2D eigenvalue weighted by molar-refractivity contribution is -0.131. The Morgan fingerprint density at radius 2 is 2.44 bits per heavy atom. The molecule has 0 aromatic rings. The second-order valence-corrected chi connectivity index (χ2v) is 2.94. The van der Waals surface area contributed by atoms with Gasteiger partial charge in [-0.1, -0.05) is 15.9 Å². The molecule has 9 heavy (non-hydrogen) atoms. The van der Waals surface area contributed by atoms with Crippen LogP contribution in [-0.4, -0.2) is 35.0 Å². The van der Waals surface area contributed by atoms with Crippen molar-refractivity contribution in [2.75, 3.05) is 13.2 Å². The number of hydrogen-bond acceptors (Lipinski definition) is 3. The van der Waals surface area contributed by atoms with E-state index in [0.717, 1.165) is 0 Å². The Morgan fingerprint density at radius 3 is 2.89 bits per heavy atom. The number of Topliss-reactive ketones (excluding diaryl/α,β-unsaturated/α-hetero) is 1. The maximum Gasteiger partial charge on any atom is 0.174 e. The molecule has 1 heterocycles. The van der Waals surface area contributed by atoms with E-state index in [-0.39, 0.29) is 19.0 Å². The number of alkyl halides is 1. The first-order valence-electron chi connectivity index (χ1n) is 2.64. The summed E-state index contributed by atoms with van der Waals surface area (Å²) in [5, 5.41) is 8.96. The van der Waals surface area contributed by atoms with Gasteiger partial charge in [-0.2, -0.15) is 0 Å². The lowest BCUT2D eigenvalue weighted by Crippen LogP contribution is -2.40. The molecule has 0 bridgehead atoms. The molecule has 3 nitrogen and oxygen atoms in total. The summed E-state index contributed by atoms with van der Waals surface area (Å²) in [5.74, 6) is -0.0891. The molecule has 0 aromatic carbocycles. The van der Waals surface area contributed by atoms with Gasteiger partial charge in [0.05, 0.1) is 12.7 Å². The molecule has 0 amide bonds. The highest BCUT2D eigenvalue weighted by Crippen LogP contribution is 2.12. The van der Waals surface area contributed by atoms with Crippen molar-refractivity contribution >= 4 is 21.7 Å². The highest BCUT2D eigenvalue weighted by molar-refractivity contribution is 9.10. The van der Waals surface area contributed by atoms with E-state index in [4.69, 9.17) is 9.84 Å². The quantitative estimate of drug-likeness (QED) is 0.540. The first-order chi connectivity index (χ1) is 4.22. The van der Waals surface area contributed by atoms with Crippen LogP contribution in [0.25, 0.3) is 0 Å². The van der Waals surface area contributed by atoms with Crippen LogP contribution in [0.5, 0.6) is 0 Å². The van der Waals surface area contributed by atoms with Crippen LogP contribution in [0.1, 0.15) is 0 Å². The molecule has 1 aliphatic rings. The predicted octanol–water partition coefficient (Wildman–Crippen LogP) is -0.290. The molecule has 2 unspecified atom stereocenters. The molecule has 0 aliphatic carbocycles. The van der Waals surface area contributed by atoms with Gasteiger partial charge in [-0.15, -0.1) is 0 Å². The highest BCUT2D eigenvalue weighted by atomic mass is 79.9. The van der Waals surface area contributed by atoms with Crippen LogP contribution in [-0.2, 0) is 9.53 Å². The predicted molar refractivity (Wildman–Crippen MR) is 34.5 cm³/mol. The summed E-state index contributed by atoms with van der Waals surface area (Å²) >= 11 is 3.04. The second-order valence-electron chi connectivity index (χ2n) is 1.95. The molecular formula is C5H7BrO3. The number of hydrogen-bond donors (Lipinski definition) is 1. The minimum Gasteiger partial charge on any atom is -0.389 e. The Morgan fingerprint density at radius 1 is 1.78 bits per heavy atom. The van der Waals surface area contributed by atoms with Crippen LogP contribution in [0.4, 0.5) is 0 Å². The van der Waals surface area contributed by atoms with E-state index in [9.17, 15) is 4.79 Å². The van der Waals surface area contributed by atoms with E-state index in [1.54, 1.807) is 0 Å². The van der Waals surface area contributed by atoms with Crippen molar-refractivity contribution in [1.82, 2.24) is 0 Å². The lowest BCUT2D eigenvalue weighted by atomic mass is 10.1. The average Bonchev–Trinajstić information content (AvgIpc) is 1.83. The summed E-state index contributed by atoms with van der Waals surface area (Å²) in [6.45, 7) is 0.370. The van der Waals surface area contributed by atoms with Crippen molar-refractivity contribution in [3.05, 3.63) is 0 Å². The summed E-state index contributed by atoms with van der Waals surface area (Å²) in [5.41, 5.74) is 0. The number of carbonyl (C=O) groups excluding carboxylic acids is 1. The van der Waals surface area contributed by atoms with E-state index in [1.807, 2.05) is 0 Å². The van der Waals surface area contributed by atoms with Gasteiger partial charge in [-0.3, -0.25) is 4.79 Å². The zero-order valence-electron chi connectivity index (χ0n) is 4.71.